The maximum atomic E-state index is 14.2. The standard InChI is InChI=1S/C30H37Cl2N3O7/c1-29(2,3)42-25(37)11-12-30(28(38)34-35-13-17-39-18-14-35)26(23-10-7-21(31)19-24(23)32)41-27(33-30)20-5-8-22(9-6-20)40-16-4-15-36/h5-10,19,26,36H,4,11-18H2,1-3H3,(H,34,38)/t26-,30-/m0/s1. The summed E-state index contributed by atoms with van der Waals surface area (Å²) in [6.07, 6.45) is -0.554. The second-order valence-corrected chi connectivity index (χ2v) is 11.9. The Hall–Kier alpha value is -2.89. The van der Waals surface area contributed by atoms with E-state index < -0.39 is 29.1 Å². The lowest BCUT2D eigenvalue weighted by Gasteiger charge is -2.34. The molecule has 228 valence electrons. The van der Waals surface area contributed by atoms with E-state index in [-0.39, 0.29) is 25.3 Å². The zero-order valence-electron chi connectivity index (χ0n) is 24.0. The van der Waals surface area contributed by atoms with Crippen molar-refractivity contribution in [3.8, 4) is 5.75 Å². The highest BCUT2D eigenvalue weighted by Gasteiger charge is 2.54. The van der Waals surface area contributed by atoms with Crippen LogP contribution < -0.4 is 10.2 Å². The summed E-state index contributed by atoms with van der Waals surface area (Å²) < 4.78 is 23.1. The first-order chi connectivity index (χ1) is 20.0. The van der Waals surface area contributed by atoms with Crippen LogP contribution in [0.25, 0.3) is 0 Å². The van der Waals surface area contributed by atoms with Crippen molar-refractivity contribution >= 4 is 41.0 Å². The Kier molecular flexibility index (Phi) is 10.7. The average molecular weight is 623 g/mol. The normalized spacial score (nSPS) is 20.9. The number of esters is 1. The van der Waals surface area contributed by atoms with Gasteiger partial charge in [-0.25, -0.2) is 10.0 Å². The number of benzene rings is 2. The van der Waals surface area contributed by atoms with Gasteiger partial charge in [0, 0.05) is 53.7 Å². The summed E-state index contributed by atoms with van der Waals surface area (Å²) >= 11 is 12.9. The molecule has 0 bridgehead atoms. The van der Waals surface area contributed by atoms with Crippen molar-refractivity contribution < 1.29 is 33.6 Å². The van der Waals surface area contributed by atoms with Crippen molar-refractivity contribution in [1.29, 1.82) is 0 Å². The Bertz CT molecular complexity index is 1280. The molecule has 2 aliphatic rings. The molecule has 0 aromatic heterocycles. The lowest BCUT2D eigenvalue weighted by Crippen LogP contribution is -2.56. The first kappa shape index (κ1) is 32.0. The minimum absolute atomic E-state index is 0.00639. The van der Waals surface area contributed by atoms with E-state index >= 15 is 0 Å². The quantitative estimate of drug-likeness (QED) is 0.278. The first-order valence-electron chi connectivity index (χ1n) is 13.9. The number of carbonyl (C=O) groups is 2. The van der Waals surface area contributed by atoms with E-state index in [9.17, 15) is 9.59 Å². The van der Waals surface area contributed by atoms with E-state index in [1.165, 1.54) is 0 Å². The third-order valence-electron chi connectivity index (χ3n) is 6.68. The van der Waals surface area contributed by atoms with Crippen LogP contribution in [0.15, 0.2) is 47.5 Å². The number of halogens is 2. The molecule has 1 fully saturated rings. The lowest BCUT2D eigenvalue weighted by atomic mass is 9.83. The lowest BCUT2D eigenvalue weighted by molar-refractivity contribution is -0.155. The van der Waals surface area contributed by atoms with Crippen LogP contribution >= 0.6 is 23.2 Å². The monoisotopic (exact) mass is 621 g/mol. The minimum atomic E-state index is -1.57. The number of aliphatic hydroxyl groups is 1. The number of aliphatic imine (C=N–C) groups is 1. The second-order valence-electron chi connectivity index (χ2n) is 11.1. The number of hydrazine groups is 1. The summed E-state index contributed by atoms with van der Waals surface area (Å²) in [5.41, 5.74) is 1.83. The molecule has 0 spiro atoms. The van der Waals surface area contributed by atoms with E-state index in [1.54, 1.807) is 68.2 Å². The third-order valence-corrected chi connectivity index (χ3v) is 7.24. The summed E-state index contributed by atoms with van der Waals surface area (Å²) in [5.74, 6) is -0.0726. The molecule has 1 saturated heterocycles. The molecule has 10 nitrogen and oxygen atoms in total. The fourth-order valence-electron chi connectivity index (χ4n) is 4.66. The van der Waals surface area contributed by atoms with Crippen LogP contribution in [0.2, 0.25) is 10.0 Å². The first-order valence-corrected chi connectivity index (χ1v) is 14.7. The Morgan fingerprint density at radius 2 is 1.86 bits per heavy atom. The summed E-state index contributed by atoms with van der Waals surface area (Å²) in [4.78, 5) is 32.0. The molecule has 0 aliphatic carbocycles. The predicted molar refractivity (Wildman–Crippen MR) is 159 cm³/mol. The molecule has 2 heterocycles. The van der Waals surface area contributed by atoms with Crippen LogP contribution in [0.1, 0.15) is 57.3 Å². The molecule has 0 radical (unpaired) electrons. The van der Waals surface area contributed by atoms with E-state index in [2.05, 4.69) is 5.43 Å². The highest BCUT2D eigenvalue weighted by Crippen LogP contribution is 2.46. The van der Waals surface area contributed by atoms with Crippen LogP contribution in [0, 0.1) is 0 Å². The smallest absolute Gasteiger partial charge is 0.306 e. The van der Waals surface area contributed by atoms with Crippen LogP contribution in [-0.4, -0.2) is 78.5 Å². The van der Waals surface area contributed by atoms with Crippen molar-refractivity contribution in [2.24, 2.45) is 4.99 Å². The minimum Gasteiger partial charge on any atom is -0.494 e. The zero-order valence-corrected chi connectivity index (χ0v) is 25.5. The molecule has 1 amide bonds. The number of aliphatic hydroxyl groups excluding tert-OH is 1. The molecule has 42 heavy (non-hydrogen) atoms. The third kappa shape index (κ3) is 8.14. The zero-order chi connectivity index (χ0) is 30.3. The number of ether oxygens (including phenoxy) is 4. The molecule has 12 heteroatoms. The van der Waals surface area contributed by atoms with Gasteiger partial charge in [0.15, 0.2) is 11.6 Å². The van der Waals surface area contributed by atoms with Gasteiger partial charge in [0.2, 0.25) is 5.90 Å². The maximum Gasteiger partial charge on any atom is 0.306 e. The van der Waals surface area contributed by atoms with Gasteiger partial charge in [-0.2, -0.15) is 0 Å². The van der Waals surface area contributed by atoms with Gasteiger partial charge in [0.25, 0.3) is 5.91 Å². The van der Waals surface area contributed by atoms with E-state index in [0.29, 0.717) is 66.3 Å². The number of nitrogens with one attached hydrogen (secondary N) is 1. The molecule has 2 aromatic carbocycles. The number of carbonyl (C=O) groups excluding carboxylic acids is 2. The fraction of sp³-hybridized carbons (Fsp3) is 0.500. The molecular formula is C30H37Cl2N3O7. The number of morpholine rings is 1. The molecule has 2 aromatic rings. The van der Waals surface area contributed by atoms with Crippen molar-refractivity contribution in [2.45, 2.75) is 57.3 Å². The largest absolute Gasteiger partial charge is 0.494 e. The Labute approximate surface area is 255 Å². The predicted octanol–water partition coefficient (Wildman–Crippen LogP) is 4.50. The number of amides is 1. The SMILES string of the molecule is CC(C)(C)OC(=O)CC[C@]1(C(=O)NN2CCOCC2)N=C(c2ccc(OCCCO)cc2)O[C@H]1c1ccc(Cl)cc1Cl. The van der Waals surface area contributed by atoms with Gasteiger partial charge in [0.05, 0.1) is 19.8 Å². The van der Waals surface area contributed by atoms with E-state index in [4.69, 9.17) is 52.2 Å². The van der Waals surface area contributed by atoms with Crippen LogP contribution in [-0.2, 0) is 23.8 Å². The molecule has 0 unspecified atom stereocenters. The molecule has 2 aliphatic heterocycles. The van der Waals surface area contributed by atoms with Gasteiger partial charge in [-0.15, -0.1) is 0 Å². The van der Waals surface area contributed by atoms with Gasteiger partial charge in [-0.05, 0) is 63.6 Å². The summed E-state index contributed by atoms with van der Waals surface area (Å²) in [5, 5.41) is 11.5. The van der Waals surface area contributed by atoms with Gasteiger partial charge < -0.3 is 24.1 Å². The fourth-order valence-corrected chi connectivity index (χ4v) is 5.17. The summed E-state index contributed by atoms with van der Waals surface area (Å²) in [6.45, 7) is 7.70. The van der Waals surface area contributed by atoms with Crippen molar-refractivity contribution in [3.63, 3.8) is 0 Å². The summed E-state index contributed by atoms with van der Waals surface area (Å²) in [7, 11) is 0. The van der Waals surface area contributed by atoms with Gasteiger partial charge in [0.1, 0.15) is 11.4 Å². The molecule has 0 saturated carbocycles. The highest BCUT2D eigenvalue weighted by atomic mass is 35.5. The number of rotatable bonds is 11. The van der Waals surface area contributed by atoms with E-state index in [0.717, 1.165) is 0 Å². The van der Waals surface area contributed by atoms with Crippen molar-refractivity contribution in [1.82, 2.24) is 10.4 Å². The van der Waals surface area contributed by atoms with Crippen molar-refractivity contribution in [3.05, 3.63) is 63.6 Å². The molecule has 2 atom stereocenters. The van der Waals surface area contributed by atoms with Gasteiger partial charge in [-0.1, -0.05) is 29.3 Å². The topological polar surface area (TPSA) is 119 Å². The number of hydrogen-bond acceptors (Lipinski definition) is 9. The highest BCUT2D eigenvalue weighted by molar-refractivity contribution is 6.35. The van der Waals surface area contributed by atoms with Crippen LogP contribution in [0.3, 0.4) is 0 Å². The average Bonchev–Trinajstić information content (AvgIpc) is 3.33. The van der Waals surface area contributed by atoms with Gasteiger partial charge >= 0.3 is 5.97 Å². The Morgan fingerprint density at radius 3 is 2.50 bits per heavy atom. The Morgan fingerprint density at radius 1 is 1.14 bits per heavy atom. The maximum absolute atomic E-state index is 14.2. The second kappa shape index (κ2) is 14.1. The van der Waals surface area contributed by atoms with Gasteiger partial charge in [-0.3, -0.25) is 15.0 Å². The number of hydrogen-bond donors (Lipinski definition) is 2. The Balaban J connectivity index is 1.74. The van der Waals surface area contributed by atoms with Crippen LogP contribution in [0.4, 0.5) is 0 Å². The van der Waals surface area contributed by atoms with E-state index in [1.807, 2.05) is 0 Å². The molecular weight excluding hydrogens is 585 g/mol. The molecule has 2 N–H and O–H groups in total. The van der Waals surface area contributed by atoms with Crippen LogP contribution in [0.5, 0.6) is 5.75 Å². The number of nitrogens with zero attached hydrogens (tertiary/aromatic N) is 2. The summed E-state index contributed by atoms with van der Waals surface area (Å²) in [6, 6.07) is 12.0. The molecule has 4 rings (SSSR count). The van der Waals surface area contributed by atoms with Crippen molar-refractivity contribution in [2.75, 3.05) is 39.5 Å².